The summed E-state index contributed by atoms with van der Waals surface area (Å²) >= 11 is 0. The predicted octanol–water partition coefficient (Wildman–Crippen LogP) is 1.38. The van der Waals surface area contributed by atoms with Gasteiger partial charge in [-0.1, -0.05) is 0 Å². The van der Waals surface area contributed by atoms with Gasteiger partial charge in [0.25, 0.3) is 0 Å². The maximum absolute atomic E-state index is 12.6. The van der Waals surface area contributed by atoms with Crippen molar-refractivity contribution in [2.24, 2.45) is 0 Å². The molecule has 1 aromatic carbocycles. The third-order valence-corrected chi connectivity index (χ3v) is 5.45. The van der Waals surface area contributed by atoms with Gasteiger partial charge in [0.15, 0.2) is 5.82 Å². The molecule has 0 atom stereocenters. The van der Waals surface area contributed by atoms with E-state index in [9.17, 15) is 8.42 Å². The van der Waals surface area contributed by atoms with E-state index in [2.05, 4.69) is 25.1 Å². The number of benzene rings is 1. The van der Waals surface area contributed by atoms with Crippen molar-refractivity contribution >= 4 is 15.8 Å². The van der Waals surface area contributed by atoms with Crippen LogP contribution >= 0.6 is 0 Å². The number of aromatic nitrogens is 4. The summed E-state index contributed by atoms with van der Waals surface area (Å²) in [5.74, 6) is 2.48. The van der Waals surface area contributed by atoms with Gasteiger partial charge in [-0.3, -0.25) is 0 Å². The Labute approximate surface area is 169 Å². The lowest BCUT2D eigenvalue weighted by atomic mass is 10.3. The Morgan fingerprint density at radius 1 is 1.10 bits per heavy atom. The van der Waals surface area contributed by atoms with Crippen LogP contribution in [0.4, 0.5) is 5.82 Å². The Morgan fingerprint density at radius 2 is 1.93 bits per heavy atom. The zero-order chi connectivity index (χ0) is 20.9. The van der Waals surface area contributed by atoms with Gasteiger partial charge in [0.1, 0.15) is 28.0 Å². The molecule has 3 rings (SSSR count). The summed E-state index contributed by atoms with van der Waals surface area (Å²) in [7, 11) is -0.845. The van der Waals surface area contributed by atoms with Crippen LogP contribution in [0, 0.1) is 6.92 Å². The lowest BCUT2D eigenvalue weighted by molar-refractivity contribution is 0.386. The third-order valence-electron chi connectivity index (χ3n) is 3.95. The lowest BCUT2D eigenvalue weighted by Crippen LogP contribution is -2.29. The maximum Gasteiger partial charge on any atom is 0.244 e. The Hall–Kier alpha value is -3.18. The van der Waals surface area contributed by atoms with Crippen LogP contribution in [-0.4, -0.2) is 55.5 Å². The molecule has 0 spiro atoms. The van der Waals surface area contributed by atoms with Crippen LogP contribution in [-0.2, 0) is 10.0 Å². The van der Waals surface area contributed by atoms with E-state index in [1.165, 1.54) is 26.4 Å². The fraction of sp³-hybridized carbons (Fsp3) is 0.278. The first kappa shape index (κ1) is 20.6. The van der Waals surface area contributed by atoms with Crippen LogP contribution in [0.1, 0.15) is 5.82 Å². The average molecular weight is 418 g/mol. The third kappa shape index (κ3) is 5.00. The summed E-state index contributed by atoms with van der Waals surface area (Å²) in [6.45, 7) is 2.25. The second-order valence-corrected chi connectivity index (χ2v) is 7.69. The van der Waals surface area contributed by atoms with Crippen LogP contribution in [0.25, 0.3) is 5.82 Å². The first-order chi connectivity index (χ1) is 13.9. The fourth-order valence-corrected chi connectivity index (χ4v) is 3.80. The Balaban J connectivity index is 1.63. The average Bonchev–Trinajstić information content (AvgIpc) is 3.25. The molecule has 29 heavy (non-hydrogen) atoms. The van der Waals surface area contributed by atoms with Crippen LogP contribution in [0.15, 0.2) is 47.6 Å². The first-order valence-corrected chi connectivity index (χ1v) is 10.2. The summed E-state index contributed by atoms with van der Waals surface area (Å²) in [5.41, 5.74) is 0. The molecule has 0 radical (unpaired) electrons. The number of sulfonamides is 1. The van der Waals surface area contributed by atoms with E-state index in [1.54, 1.807) is 42.2 Å². The summed E-state index contributed by atoms with van der Waals surface area (Å²) in [4.78, 5) is 8.68. The monoisotopic (exact) mass is 418 g/mol. The molecule has 0 bridgehead atoms. The molecular weight excluding hydrogens is 396 g/mol. The number of hydrogen-bond acceptors (Lipinski definition) is 8. The number of methoxy groups -OCH3 is 2. The van der Waals surface area contributed by atoms with Gasteiger partial charge in [-0.25, -0.2) is 27.8 Å². The molecule has 0 aliphatic carbocycles. The smallest absolute Gasteiger partial charge is 0.244 e. The number of nitrogens with zero attached hydrogens (tertiary/aromatic N) is 4. The summed E-state index contributed by atoms with van der Waals surface area (Å²) in [6.07, 6.45) is 3.44. The van der Waals surface area contributed by atoms with E-state index in [4.69, 9.17) is 9.47 Å². The molecule has 3 aromatic rings. The molecule has 10 nitrogen and oxygen atoms in total. The number of nitrogens with one attached hydrogen (secondary N) is 2. The largest absolute Gasteiger partial charge is 0.497 e. The summed E-state index contributed by atoms with van der Waals surface area (Å²) in [5, 5.41) is 7.23. The van der Waals surface area contributed by atoms with Gasteiger partial charge in [0, 0.05) is 37.6 Å². The summed E-state index contributed by atoms with van der Waals surface area (Å²) in [6, 6.07) is 8.06. The highest BCUT2D eigenvalue weighted by molar-refractivity contribution is 7.89. The molecule has 0 aliphatic rings. The molecular formula is C18H22N6O4S. The van der Waals surface area contributed by atoms with Gasteiger partial charge in [-0.15, -0.1) is 0 Å². The molecule has 2 N–H and O–H groups in total. The molecule has 11 heteroatoms. The van der Waals surface area contributed by atoms with Crippen molar-refractivity contribution in [3.8, 4) is 17.3 Å². The van der Waals surface area contributed by atoms with Crippen molar-refractivity contribution in [3.63, 3.8) is 0 Å². The van der Waals surface area contributed by atoms with Crippen molar-refractivity contribution in [1.29, 1.82) is 0 Å². The minimum Gasteiger partial charge on any atom is -0.497 e. The fourth-order valence-electron chi connectivity index (χ4n) is 2.61. The van der Waals surface area contributed by atoms with Crippen molar-refractivity contribution in [1.82, 2.24) is 24.5 Å². The highest BCUT2D eigenvalue weighted by Crippen LogP contribution is 2.28. The second kappa shape index (κ2) is 8.88. The lowest BCUT2D eigenvalue weighted by Gasteiger charge is -2.13. The first-order valence-electron chi connectivity index (χ1n) is 8.74. The van der Waals surface area contributed by atoms with E-state index < -0.39 is 10.0 Å². The molecule has 0 fully saturated rings. The van der Waals surface area contributed by atoms with Gasteiger partial charge < -0.3 is 14.8 Å². The van der Waals surface area contributed by atoms with Crippen molar-refractivity contribution in [3.05, 3.63) is 48.5 Å². The minimum atomic E-state index is -3.75. The van der Waals surface area contributed by atoms with Gasteiger partial charge in [0.2, 0.25) is 10.0 Å². The molecule has 0 saturated carbocycles. The Kier molecular flexibility index (Phi) is 6.29. The minimum absolute atomic E-state index is 0.0413. The quantitative estimate of drug-likeness (QED) is 0.500. The number of ether oxygens (including phenoxy) is 2. The molecule has 0 aliphatic heterocycles. The standard InChI is InChI=1S/C18H22N6O4S/c1-13-22-17(12-18(23-13)24-10-4-7-20-24)19-8-9-21-29(25,26)16-6-5-14(27-2)11-15(16)28-3/h4-7,10-12,21H,8-9H2,1-3H3,(H,19,22,23). The molecule has 2 aromatic heterocycles. The molecule has 0 saturated heterocycles. The number of rotatable bonds is 9. The van der Waals surface area contributed by atoms with Crippen LogP contribution in [0.2, 0.25) is 0 Å². The second-order valence-electron chi connectivity index (χ2n) is 5.95. The predicted molar refractivity (Wildman–Crippen MR) is 107 cm³/mol. The Bertz CT molecular complexity index is 1070. The zero-order valence-electron chi connectivity index (χ0n) is 16.3. The van der Waals surface area contributed by atoms with Gasteiger partial charge in [0.05, 0.1) is 14.2 Å². The SMILES string of the molecule is COc1ccc(S(=O)(=O)NCCNc2cc(-n3cccn3)nc(C)n2)c(OC)c1. The molecule has 0 amide bonds. The van der Waals surface area contributed by atoms with E-state index >= 15 is 0 Å². The van der Waals surface area contributed by atoms with Gasteiger partial charge in [-0.2, -0.15) is 5.10 Å². The maximum atomic E-state index is 12.6. The summed E-state index contributed by atoms with van der Waals surface area (Å²) < 4.78 is 39.6. The Morgan fingerprint density at radius 3 is 2.62 bits per heavy atom. The number of aryl methyl sites for hydroxylation is 1. The van der Waals surface area contributed by atoms with E-state index in [1.807, 2.05) is 0 Å². The van der Waals surface area contributed by atoms with Crippen molar-refractivity contribution < 1.29 is 17.9 Å². The molecule has 2 heterocycles. The molecule has 0 unspecified atom stereocenters. The van der Waals surface area contributed by atoms with E-state index in [0.29, 0.717) is 29.8 Å². The van der Waals surface area contributed by atoms with E-state index in [0.717, 1.165) is 0 Å². The normalized spacial score (nSPS) is 11.3. The van der Waals surface area contributed by atoms with Crippen LogP contribution in [0.3, 0.4) is 0 Å². The van der Waals surface area contributed by atoms with Crippen molar-refractivity contribution in [2.75, 3.05) is 32.6 Å². The van der Waals surface area contributed by atoms with Crippen molar-refractivity contribution in [2.45, 2.75) is 11.8 Å². The van der Waals surface area contributed by atoms with Crippen LogP contribution in [0.5, 0.6) is 11.5 Å². The number of hydrogen-bond donors (Lipinski definition) is 2. The van der Waals surface area contributed by atoms with Gasteiger partial charge >= 0.3 is 0 Å². The highest BCUT2D eigenvalue weighted by Gasteiger charge is 2.19. The number of anilines is 1. The molecule has 154 valence electrons. The zero-order valence-corrected chi connectivity index (χ0v) is 17.1. The van der Waals surface area contributed by atoms with Crippen LogP contribution < -0.4 is 19.5 Å². The topological polar surface area (TPSA) is 120 Å². The van der Waals surface area contributed by atoms with E-state index in [-0.39, 0.29) is 17.2 Å². The highest BCUT2D eigenvalue weighted by atomic mass is 32.2. The van der Waals surface area contributed by atoms with Gasteiger partial charge in [-0.05, 0) is 25.1 Å².